The molecule has 9 heteroatoms. The van der Waals surface area contributed by atoms with E-state index < -0.39 is 36.5 Å². The standard InChI is InChI=1S/C31H37F3N2O4/c1-20(2)8-5-9-21(3)10-6-11-22(4)14-16-35-25-18-23(37)19-27(39)29(25)36(17-15-31(32,33)34)28-24(30(35)40)12-7-13-26(28)38/h7-8,10,12-14,18-19,37-39H,5-6,9,11,15-17H2,1-4H3. The Morgan fingerprint density at radius 3 is 2.15 bits per heavy atom. The maximum atomic E-state index is 13.7. The molecule has 0 atom stereocenters. The maximum absolute atomic E-state index is 13.7. The third-order valence-electron chi connectivity index (χ3n) is 6.74. The minimum atomic E-state index is -4.52. The number of amides is 1. The highest BCUT2D eigenvalue weighted by Crippen LogP contribution is 2.50. The van der Waals surface area contributed by atoms with Crippen molar-refractivity contribution in [2.24, 2.45) is 0 Å². The highest BCUT2D eigenvalue weighted by molar-refractivity contribution is 6.15. The van der Waals surface area contributed by atoms with Gasteiger partial charge in [0.15, 0.2) is 0 Å². The third kappa shape index (κ3) is 7.83. The molecular weight excluding hydrogens is 521 g/mol. The van der Waals surface area contributed by atoms with E-state index in [1.807, 2.05) is 13.0 Å². The Labute approximate surface area is 233 Å². The number of phenolic OH excluding ortho intramolecular Hbond substituents is 3. The van der Waals surface area contributed by atoms with Crippen molar-refractivity contribution in [3.8, 4) is 17.2 Å². The van der Waals surface area contributed by atoms with Gasteiger partial charge in [0.05, 0.1) is 23.4 Å². The number of rotatable bonds is 10. The number of carbonyl (C=O) groups excluding carboxylic acids is 1. The topological polar surface area (TPSA) is 84.2 Å². The molecular formula is C31H37F3N2O4. The number of anilines is 3. The van der Waals surface area contributed by atoms with Crippen molar-refractivity contribution in [1.82, 2.24) is 0 Å². The lowest BCUT2D eigenvalue weighted by Gasteiger charge is -2.29. The number of para-hydroxylation sites is 1. The highest BCUT2D eigenvalue weighted by atomic mass is 19.4. The van der Waals surface area contributed by atoms with Crippen LogP contribution < -0.4 is 9.80 Å². The smallest absolute Gasteiger partial charge is 0.390 e. The van der Waals surface area contributed by atoms with E-state index in [4.69, 9.17) is 0 Å². The Morgan fingerprint density at radius 1 is 0.850 bits per heavy atom. The lowest BCUT2D eigenvalue weighted by atomic mass is 10.1. The number of allylic oxidation sites excluding steroid dienone is 5. The zero-order valence-electron chi connectivity index (χ0n) is 23.3. The summed E-state index contributed by atoms with van der Waals surface area (Å²) in [5.41, 5.74) is 3.38. The molecule has 3 N–H and O–H groups in total. The molecule has 40 heavy (non-hydrogen) atoms. The van der Waals surface area contributed by atoms with Gasteiger partial charge in [-0.15, -0.1) is 0 Å². The second-order valence-corrected chi connectivity index (χ2v) is 10.4. The fourth-order valence-corrected chi connectivity index (χ4v) is 4.66. The molecule has 0 unspecified atom stereocenters. The van der Waals surface area contributed by atoms with Gasteiger partial charge in [-0.2, -0.15) is 13.2 Å². The lowest BCUT2D eigenvalue weighted by molar-refractivity contribution is -0.132. The van der Waals surface area contributed by atoms with Gasteiger partial charge in [0, 0.05) is 25.2 Å². The molecule has 0 aliphatic carbocycles. The average Bonchev–Trinajstić information content (AvgIpc) is 2.94. The first-order valence-corrected chi connectivity index (χ1v) is 13.3. The number of fused-ring (bicyclic) bond motifs is 2. The molecule has 1 heterocycles. The quantitative estimate of drug-likeness (QED) is 0.256. The van der Waals surface area contributed by atoms with E-state index >= 15 is 0 Å². The highest BCUT2D eigenvalue weighted by Gasteiger charge is 2.37. The number of phenols is 3. The predicted octanol–water partition coefficient (Wildman–Crippen LogP) is 8.27. The summed E-state index contributed by atoms with van der Waals surface area (Å²) in [6.07, 6.45) is 4.01. The summed E-state index contributed by atoms with van der Waals surface area (Å²) < 4.78 is 39.8. The van der Waals surface area contributed by atoms with Gasteiger partial charge in [0.1, 0.15) is 22.9 Å². The number of benzene rings is 2. The van der Waals surface area contributed by atoms with E-state index in [2.05, 4.69) is 32.9 Å². The van der Waals surface area contributed by atoms with Crippen molar-refractivity contribution >= 4 is 23.0 Å². The van der Waals surface area contributed by atoms with Crippen LogP contribution in [0.2, 0.25) is 0 Å². The Morgan fingerprint density at radius 2 is 1.50 bits per heavy atom. The molecule has 2 aromatic carbocycles. The summed E-state index contributed by atoms with van der Waals surface area (Å²) in [6, 6.07) is 6.37. The van der Waals surface area contributed by atoms with Crippen LogP contribution in [0.1, 0.15) is 70.2 Å². The third-order valence-corrected chi connectivity index (χ3v) is 6.74. The molecule has 3 rings (SSSR count). The SMILES string of the molecule is CC(C)=CCCC(C)=CCCC(C)=CCN1C(=O)c2cccc(O)c2N(CCC(F)(F)F)c2c(O)cc(O)cc21. The van der Waals surface area contributed by atoms with Gasteiger partial charge in [-0.3, -0.25) is 4.79 Å². The number of hydrogen-bond acceptors (Lipinski definition) is 5. The number of alkyl halides is 3. The second kappa shape index (κ2) is 13.0. The van der Waals surface area contributed by atoms with Crippen molar-refractivity contribution in [2.45, 2.75) is 66.0 Å². The predicted molar refractivity (Wildman–Crippen MR) is 153 cm³/mol. The van der Waals surface area contributed by atoms with Crippen LogP contribution in [0.5, 0.6) is 17.2 Å². The molecule has 0 saturated carbocycles. The second-order valence-electron chi connectivity index (χ2n) is 10.4. The molecule has 6 nitrogen and oxygen atoms in total. The Bertz CT molecular complexity index is 1320. The van der Waals surface area contributed by atoms with Gasteiger partial charge >= 0.3 is 6.18 Å². The van der Waals surface area contributed by atoms with Crippen molar-refractivity contribution in [2.75, 3.05) is 22.9 Å². The molecule has 0 saturated heterocycles. The Kier molecular flexibility index (Phi) is 9.95. The average molecular weight is 559 g/mol. The number of nitrogens with zero attached hydrogens (tertiary/aromatic N) is 2. The summed E-state index contributed by atoms with van der Waals surface area (Å²) in [6.45, 7) is 7.57. The van der Waals surface area contributed by atoms with Gasteiger partial charge in [-0.05, 0) is 65.5 Å². The number of halogens is 3. The molecule has 1 aliphatic rings. The van der Waals surface area contributed by atoms with Crippen LogP contribution >= 0.6 is 0 Å². The first-order chi connectivity index (χ1) is 18.8. The molecule has 0 aromatic heterocycles. The number of hydrogen-bond donors (Lipinski definition) is 3. The van der Waals surface area contributed by atoms with Crippen LogP contribution in [0.15, 0.2) is 65.3 Å². The normalized spacial score (nSPS) is 14.1. The van der Waals surface area contributed by atoms with Crippen LogP contribution in [0.25, 0.3) is 0 Å². The van der Waals surface area contributed by atoms with Crippen molar-refractivity contribution in [3.05, 3.63) is 70.8 Å². The fraction of sp³-hybridized carbons (Fsp3) is 0.387. The minimum Gasteiger partial charge on any atom is -0.508 e. The van der Waals surface area contributed by atoms with E-state index in [0.29, 0.717) is 0 Å². The van der Waals surface area contributed by atoms with Crippen LogP contribution in [0.4, 0.5) is 30.2 Å². The fourth-order valence-electron chi connectivity index (χ4n) is 4.66. The van der Waals surface area contributed by atoms with E-state index in [9.17, 15) is 33.3 Å². The summed E-state index contributed by atoms with van der Waals surface area (Å²) in [5.74, 6) is -1.84. The zero-order valence-corrected chi connectivity index (χ0v) is 23.3. The van der Waals surface area contributed by atoms with Crippen LogP contribution in [0, 0.1) is 0 Å². The molecule has 0 radical (unpaired) electrons. The lowest BCUT2D eigenvalue weighted by Crippen LogP contribution is -2.30. The number of aromatic hydroxyl groups is 3. The van der Waals surface area contributed by atoms with E-state index in [0.717, 1.165) is 42.2 Å². The summed E-state index contributed by atoms with van der Waals surface area (Å²) in [4.78, 5) is 16.1. The molecule has 0 fully saturated rings. The van der Waals surface area contributed by atoms with E-state index in [1.54, 1.807) is 0 Å². The number of carbonyl (C=O) groups is 1. The van der Waals surface area contributed by atoms with E-state index in [-0.39, 0.29) is 34.9 Å². The maximum Gasteiger partial charge on any atom is 0.390 e. The van der Waals surface area contributed by atoms with Crippen molar-refractivity contribution < 1.29 is 33.3 Å². The molecule has 1 aliphatic heterocycles. The van der Waals surface area contributed by atoms with Crippen LogP contribution in [0.3, 0.4) is 0 Å². The van der Waals surface area contributed by atoms with Crippen LogP contribution in [-0.2, 0) is 0 Å². The van der Waals surface area contributed by atoms with Gasteiger partial charge in [-0.1, -0.05) is 41.0 Å². The van der Waals surface area contributed by atoms with Gasteiger partial charge < -0.3 is 25.1 Å². The molecule has 0 spiro atoms. The van der Waals surface area contributed by atoms with Gasteiger partial charge in [-0.25, -0.2) is 0 Å². The van der Waals surface area contributed by atoms with Gasteiger partial charge in [0.25, 0.3) is 5.91 Å². The molecule has 0 bridgehead atoms. The summed E-state index contributed by atoms with van der Waals surface area (Å²) in [5, 5.41) is 31.7. The largest absolute Gasteiger partial charge is 0.508 e. The zero-order chi connectivity index (χ0) is 29.6. The molecule has 2 aromatic rings. The van der Waals surface area contributed by atoms with E-state index in [1.165, 1.54) is 40.3 Å². The minimum absolute atomic E-state index is 0.0155. The van der Waals surface area contributed by atoms with Crippen molar-refractivity contribution in [3.63, 3.8) is 0 Å². The molecule has 216 valence electrons. The molecule has 1 amide bonds. The monoisotopic (exact) mass is 558 g/mol. The summed E-state index contributed by atoms with van der Waals surface area (Å²) in [7, 11) is 0. The Balaban J connectivity index is 1.95. The first-order valence-electron chi connectivity index (χ1n) is 13.3. The van der Waals surface area contributed by atoms with Gasteiger partial charge in [0.2, 0.25) is 0 Å². The van der Waals surface area contributed by atoms with Crippen LogP contribution in [-0.4, -0.2) is 40.5 Å². The first kappa shape index (κ1) is 30.7. The Hall–Kier alpha value is -3.88. The van der Waals surface area contributed by atoms with Crippen molar-refractivity contribution in [1.29, 1.82) is 0 Å². The summed E-state index contributed by atoms with van der Waals surface area (Å²) >= 11 is 0.